The summed E-state index contributed by atoms with van der Waals surface area (Å²) >= 11 is 0. The number of pyridine rings is 1. The number of aryl methyl sites for hydroxylation is 1. The van der Waals surface area contributed by atoms with Crippen molar-refractivity contribution in [3.8, 4) is 5.75 Å². The second-order valence-corrected chi connectivity index (χ2v) is 2.77. The fraction of sp³-hybridized carbons (Fsp3) is 0.250. The van der Waals surface area contributed by atoms with Crippen LogP contribution in [0.3, 0.4) is 0 Å². The van der Waals surface area contributed by atoms with Gasteiger partial charge in [-0.05, 0) is 19.1 Å². The Morgan fingerprint density at radius 3 is 3.15 bits per heavy atom. The molecule has 1 aliphatic rings. The van der Waals surface area contributed by atoms with Crippen molar-refractivity contribution in [2.45, 2.75) is 6.92 Å². The predicted octanol–water partition coefficient (Wildman–Crippen LogP) is 0.505. The topological polar surface area (TPSA) is 62.7 Å². The number of amides is 1. The van der Waals surface area contributed by atoms with E-state index in [-0.39, 0.29) is 12.4 Å². The third kappa shape index (κ3) is 1.23. The number of anilines is 1. The minimum atomic E-state index is -0.509. The lowest BCUT2D eigenvalue weighted by molar-refractivity contribution is -0.126. The van der Waals surface area contributed by atoms with Crippen LogP contribution >= 0.6 is 0 Å². The third-order valence-electron chi connectivity index (χ3n) is 1.77. The van der Waals surface area contributed by atoms with Crippen molar-refractivity contribution in [1.29, 1.82) is 0 Å². The summed E-state index contributed by atoms with van der Waals surface area (Å²) in [6.45, 7) is 1.63. The molecule has 0 atom stereocenters. The lowest BCUT2D eigenvalue weighted by Gasteiger charge is -2.22. The lowest BCUT2D eigenvalue weighted by Crippen LogP contribution is -2.36. The number of hydroxylamine groups is 1. The first-order valence-electron chi connectivity index (χ1n) is 3.81. The number of aromatic nitrogens is 1. The van der Waals surface area contributed by atoms with Gasteiger partial charge in [-0.25, -0.2) is 4.98 Å². The highest BCUT2D eigenvalue weighted by atomic mass is 16.5. The van der Waals surface area contributed by atoms with Crippen molar-refractivity contribution >= 4 is 11.7 Å². The summed E-state index contributed by atoms with van der Waals surface area (Å²) in [5.41, 5.74) is 0.719. The molecule has 13 heavy (non-hydrogen) atoms. The number of hydrogen-bond acceptors (Lipinski definition) is 4. The Bertz CT molecular complexity index is 364. The van der Waals surface area contributed by atoms with Gasteiger partial charge in [0, 0.05) is 5.69 Å². The molecule has 1 amide bonds. The molecule has 2 rings (SSSR count). The van der Waals surface area contributed by atoms with E-state index in [1.54, 1.807) is 19.1 Å². The molecule has 0 radical (unpaired) electrons. The molecule has 1 aliphatic heterocycles. The van der Waals surface area contributed by atoms with Gasteiger partial charge in [0.15, 0.2) is 12.4 Å². The Labute approximate surface area is 74.5 Å². The highest BCUT2D eigenvalue weighted by molar-refractivity contribution is 5.94. The highest BCUT2D eigenvalue weighted by Crippen LogP contribution is 2.28. The number of carbonyl (C=O) groups is 1. The van der Waals surface area contributed by atoms with Crippen molar-refractivity contribution in [3.05, 3.63) is 17.8 Å². The molecule has 68 valence electrons. The Morgan fingerprint density at radius 2 is 2.38 bits per heavy atom. The fourth-order valence-corrected chi connectivity index (χ4v) is 1.11. The molecule has 2 heterocycles. The predicted molar refractivity (Wildman–Crippen MR) is 43.7 cm³/mol. The van der Waals surface area contributed by atoms with Crippen molar-refractivity contribution < 1.29 is 14.7 Å². The first-order valence-corrected chi connectivity index (χ1v) is 3.81. The van der Waals surface area contributed by atoms with Crippen LogP contribution in [-0.2, 0) is 4.79 Å². The van der Waals surface area contributed by atoms with Crippen molar-refractivity contribution in [3.63, 3.8) is 0 Å². The number of ether oxygens (including phenoxy) is 1. The Hall–Kier alpha value is -1.62. The molecule has 5 nitrogen and oxygen atoms in total. The zero-order valence-corrected chi connectivity index (χ0v) is 7.02. The van der Waals surface area contributed by atoms with E-state index in [2.05, 4.69) is 4.98 Å². The molecule has 0 aliphatic carbocycles. The SMILES string of the molecule is Cc1ccc2c(n1)N(O)C(=O)CO2. The van der Waals surface area contributed by atoms with Gasteiger partial charge in [0.2, 0.25) is 5.82 Å². The molecule has 0 spiro atoms. The summed E-state index contributed by atoms with van der Waals surface area (Å²) < 4.78 is 5.05. The van der Waals surface area contributed by atoms with Crippen LogP contribution in [0.5, 0.6) is 5.75 Å². The molecule has 5 heteroatoms. The maximum Gasteiger partial charge on any atom is 0.290 e. The van der Waals surface area contributed by atoms with Gasteiger partial charge in [0.05, 0.1) is 0 Å². The first kappa shape index (κ1) is 8.00. The molecule has 1 N–H and O–H groups in total. The zero-order chi connectivity index (χ0) is 9.42. The lowest BCUT2D eigenvalue weighted by atomic mass is 10.3. The van der Waals surface area contributed by atoms with Gasteiger partial charge in [0.25, 0.3) is 5.91 Å². The smallest absolute Gasteiger partial charge is 0.290 e. The van der Waals surface area contributed by atoms with E-state index in [1.165, 1.54) is 0 Å². The van der Waals surface area contributed by atoms with Gasteiger partial charge >= 0.3 is 0 Å². The van der Waals surface area contributed by atoms with Crippen LogP contribution in [0.2, 0.25) is 0 Å². The monoisotopic (exact) mass is 180 g/mol. The standard InChI is InChI=1S/C8H8N2O3/c1-5-2-3-6-8(9-5)10(12)7(11)4-13-6/h2-3,12H,4H2,1H3. The number of carbonyl (C=O) groups excluding carboxylic acids is 1. The summed E-state index contributed by atoms with van der Waals surface area (Å²) in [5.74, 6) is 0.0783. The zero-order valence-electron chi connectivity index (χ0n) is 7.02. The van der Waals surface area contributed by atoms with Gasteiger partial charge in [0.1, 0.15) is 0 Å². The van der Waals surface area contributed by atoms with E-state index in [9.17, 15) is 10.0 Å². The average molecular weight is 180 g/mol. The number of fused-ring (bicyclic) bond motifs is 1. The molecule has 0 saturated carbocycles. The van der Waals surface area contributed by atoms with E-state index in [0.717, 1.165) is 5.69 Å². The molecular weight excluding hydrogens is 172 g/mol. The first-order chi connectivity index (χ1) is 6.18. The normalized spacial score (nSPS) is 15.2. The van der Waals surface area contributed by atoms with Crippen molar-refractivity contribution in [1.82, 2.24) is 4.98 Å². The van der Waals surface area contributed by atoms with Crippen LogP contribution in [0.1, 0.15) is 5.69 Å². The van der Waals surface area contributed by atoms with Crippen molar-refractivity contribution in [2.75, 3.05) is 11.7 Å². The molecule has 0 bridgehead atoms. The molecule has 0 fully saturated rings. The fourth-order valence-electron chi connectivity index (χ4n) is 1.11. The quantitative estimate of drug-likeness (QED) is 0.590. The second-order valence-electron chi connectivity index (χ2n) is 2.77. The summed E-state index contributed by atoms with van der Waals surface area (Å²) in [5, 5.41) is 9.82. The molecule has 1 aromatic rings. The van der Waals surface area contributed by atoms with Crippen LogP contribution in [0.25, 0.3) is 0 Å². The highest BCUT2D eigenvalue weighted by Gasteiger charge is 2.25. The number of hydrogen-bond donors (Lipinski definition) is 1. The minimum absolute atomic E-state index is 0.145. The van der Waals surface area contributed by atoms with Crippen LogP contribution in [0.4, 0.5) is 5.82 Å². The number of nitrogens with zero attached hydrogens (tertiary/aromatic N) is 2. The summed E-state index contributed by atoms with van der Waals surface area (Å²) in [7, 11) is 0. The Balaban J connectivity index is 2.51. The molecule has 1 aromatic heterocycles. The van der Waals surface area contributed by atoms with Crippen LogP contribution in [0, 0.1) is 6.92 Å². The van der Waals surface area contributed by atoms with E-state index in [4.69, 9.17) is 4.74 Å². The Kier molecular flexibility index (Phi) is 1.66. The van der Waals surface area contributed by atoms with Gasteiger partial charge in [-0.3, -0.25) is 10.0 Å². The second kappa shape index (κ2) is 2.70. The van der Waals surface area contributed by atoms with Gasteiger partial charge in [-0.1, -0.05) is 0 Å². The van der Waals surface area contributed by atoms with Gasteiger partial charge < -0.3 is 4.74 Å². The summed E-state index contributed by atoms with van der Waals surface area (Å²) in [4.78, 5) is 15.0. The van der Waals surface area contributed by atoms with E-state index in [1.807, 2.05) is 0 Å². The van der Waals surface area contributed by atoms with Crippen LogP contribution in [0.15, 0.2) is 12.1 Å². The molecular formula is C8H8N2O3. The van der Waals surface area contributed by atoms with Crippen LogP contribution < -0.4 is 9.80 Å². The third-order valence-corrected chi connectivity index (χ3v) is 1.77. The van der Waals surface area contributed by atoms with Crippen molar-refractivity contribution in [2.24, 2.45) is 0 Å². The summed E-state index contributed by atoms with van der Waals surface area (Å²) in [6.07, 6.45) is 0. The van der Waals surface area contributed by atoms with Crippen LogP contribution in [-0.4, -0.2) is 22.7 Å². The van der Waals surface area contributed by atoms with E-state index in [0.29, 0.717) is 10.8 Å². The van der Waals surface area contributed by atoms with E-state index >= 15 is 0 Å². The average Bonchev–Trinajstić information content (AvgIpc) is 2.12. The number of rotatable bonds is 0. The van der Waals surface area contributed by atoms with E-state index < -0.39 is 5.91 Å². The van der Waals surface area contributed by atoms with Gasteiger partial charge in [-0.2, -0.15) is 5.06 Å². The molecule has 0 unspecified atom stereocenters. The van der Waals surface area contributed by atoms with Gasteiger partial charge in [-0.15, -0.1) is 0 Å². The minimum Gasteiger partial charge on any atom is -0.480 e. The molecule has 0 saturated heterocycles. The maximum absolute atomic E-state index is 11.0. The largest absolute Gasteiger partial charge is 0.480 e. The molecule has 0 aromatic carbocycles. The maximum atomic E-state index is 11.0. The summed E-state index contributed by atoms with van der Waals surface area (Å²) in [6, 6.07) is 3.43. The Morgan fingerprint density at radius 1 is 1.62 bits per heavy atom.